The molecule has 36 heavy (non-hydrogen) atoms. The van der Waals surface area contributed by atoms with Gasteiger partial charge in [-0.05, 0) is 31.7 Å². The van der Waals surface area contributed by atoms with Gasteiger partial charge >= 0.3 is 0 Å². The summed E-state index contributed by atoms with van der Waals surface area (Å²) in [6.45, 7) is 6.13. The predicted octanol–water partition coefficient (Wildman–Crippen LogP) is 5.11. The number of thioether (sulfide) groups is 1. The van der Waals surface area contributed by atoms with Crippen molar-refractivity contribution < 1.29 is 9.59 Å². The summed E-state index contributed by atoms with van der Waals surface area (Å²) in [6, 6.07) is 11.6. The Kier molecular flexibility index (Phi) is 9.48. The SMILES string of the molecule is CC(NC(=O)CSc1nc(Cl)cc(N2CCN(C(=O)CCC3CCCC3)C(C)C2)n1)c1ccccc1. The Morgan fingerprint density at radius 1 is 1.17 bits per heavy atom. The Bertz CT molecular complexity index is 1030. The number of carbonyl (C=O) groups is 2. The Morgan fingerprint density at radius 3 is 2.64 bits per heavy atom. The molecule has 2 aliphatic rings. The number of nitrogens with one attached hydrogen (secondary N) is 1. The number of halogens is 1. The molecule has 2 heterocycles. The zero-order chi connectivity index (χ0) is 25.5. The zero-order valence-electron chi connectivity index (χ0n) is 21.2. The second kappa shape index (κ2) is 12.8. The van der Waals surface area contributed by atoms with Gasteiger partial charge in [0.25, 0.3) is 0 Å². The second-order valence-electron chi connectivity index (χ2n) is 9.89. The monoisotopic (exact) mass is 529 g/mol. The Morgan fingerprint density at radius 2 is 1.92 bits per heavy atom. The van der Waals surface area contributed by atoms with E-state index in [2.05, 4.69) is 27.1 Å². The second-order valence-corrected chi connectivity index (χ2v) is 11.2. The Hall–Kier alpha value is -2.32. The molecule has 1 saturated heterocycles. The number of piperazine rings is 1. The van der Waals surface area contributed by atoms with Gasteiger partial charge in [0.15, 0.2) is 5.16 Å². The molecule has 2 atom stereocenters. The number of carbonyl (C=O) groups excluding carboxylic acids is 2. The summed E-state index contributed by atoms with van der Waals surface area (Å²) in [5, 5.41) is 3.84. The van der Waals surface area contributed by atoms with E-state index in [4.69, 9.17) is 11.6 Å². The molecule has 1 aromatic carbocycles. The number of benzene rings is 1. The molecule has 2 amide bonds. The van der Waals surface area contributed by atoms with Gasteiger partial charge in [0.05, 0.1) is 11.8 Å². The van der Waals surface area contributed by atoms with Gasteiger partial charge in [0.2, 0.25) is 11.8 Å². The fraction of sp³-hybridized carbons (Fsp3) is 0.556. The van der Waals surface area contributed by atoms with Crippen LogP contribution < -0.4 is 10.2 Å². The number of anilines is 1. The lowest BCUT2D eigenvalue weighted by molar-refractivity contribution is -0.134. The van der Waals surface area contributed by atoms with Crippen LogP contribution in [-0.2, 0) is 9.59 Å². The molecule has 1 N–H and O–H groups in total. The van der Waals surface area contributed by atoms with Gasteiger partial charge in [-0.3, -0.25) is 9.59 Å². The van der Waals surface area contributed by atoms with E-state index in [1.54, 1.807) is 6.07 Å². The first kappa shape index (κ1) is 26.7. The van der Waals surface area contributed by atoms with Crippen LogP contribution >= 0.6 is 23.4 Å². The van der Waals surface area contributed by atoms with E-state index in [9.17, 15) is 9.59 Å². The molecule has 4 rings (SSSR count). The summed E-state index contributed by atoms with van der Waals surface area (Å²) in [5.74, 6) is 1.85. The van der Waals surface area contributed by atoms with Crippen molar-refractivity contribution in [1.82, 2.24) is 20.2 Å². The number of hydrogen-bond donors (Lipinski definition) is 1. The van der Waals surface area contributed by atoms with Gasteiger partial charge in [-0.15, -0.1) is 0 Å². The molecule has 1 aromatic heterocycles. The number of nitrogens with zero attached hydrogens (tertiary/aromatic N) is 4. The average Bonchev–Trinajstić information content (AvgIpc) is 3.40. The summed E-state index contributed by atoms with van der Waals surface area (Å²) in [4.78, 5) is 38.5. The minimum atomic E-state index is -0.0835. The van der Waals surface area contributed by atoms with Crippen molar-refractivity contribution in [2.24, 2.45) is 5.92 Å². The van der Waals surface area contributed by atoms with Crippen LogP contribution in [0.25, 0.3) is 0 Å². The van der Waals surface area contributed by atoms with Gasteiger partial charge < -0.3 is 15.1 Å². The van der Waals surface area contributed by atoms with Crippen molar-refractivity contribution in [2.45, 2.75) is 69.6 Å². The van der Waals surface area contributed by atoms with Gasteiger partial charge in [-0.1, -0.05) is 79.4 Å². The van der Waals surface area contributed by atoms with E-state index in [0.717, 1.165) is 23.7 Å². The van der Waals surface area contributed by atoms with Crippen molar-refractivity contribution in [1.29, 1.82) is 0 Å². The smallest absolute Gasteiger partial charge is 0.230 e. The van der Waals surface area contributed by atoms with Gasteiger partial charge in [0.1, 0.15) is 11.0 Å². The molecule has 1 aliphatic carbocycles. The van der Waals surface area contributed by atoms with Crippen LogP contribution in [0.2, 0.25) is 5.15 Å². The van der Waals surface area contributed by atoms with Crippen LogP contribution in [0.5, 0.6) is 0 Å². The fourth-order valence-electron chi connectivity index (χ4n) is 5.16. The van der Waals surface area contributed by atoms with E-state index in [-0.39, 0.29) is 29.7 Å². The Balaban J connectivity index is 1.28. The molecule has 0 spiro atoms. The summed E-state index contributed by atoms with van der Waals surface area (Å²) < 4.78 is 0. The third-order valence-corrected chi connectivity index (χ3v) is 8.22. The fourth-order valence-corrected chi connectivity index (χ4v) is 6.05. The van der Waals surface area contributed by atoms with Crippen LogP contribution in [-0.4, -0.2) is 58.1 Å². The normalized spacial score (nSPS) is 19.4. The quantitative estimate of drug-likeness (QED) is 0.276. The van der Waals surface area contributed by atoms with Crippen LogP contribution in [0.1, 0.15) is 64.0 Å². The summed E-state index contributed by atoms with van der Waals surface area (Å²) >= 11 is 7.58. The zero-order valence-corrected chi connectivity index (χ0v) is 22.7. The van der Waals surface area contributed by atoms with E-state index in [0.29, 0.717) is 36.4 Å². The summed E-state index contributed by atoms with van der Waals surface area (Å²) in [5.41, 5.74) is 1.06. The molecule has 1 aliphatic heterocycles. The topological polar surface area (TPSA) is 78.4 Å². The van der Waals surface area contributed by atoms with Crippen LogP contribution in [0.3, 0.4) is 0 Å². The number of hydrogen-bond acceptors (Lipinski definition) is 6. The molecule has 2 unspecified atom stereocenters. The lowest BCUT2D eigenvalue weighted by atomic mass is 10.0. The highest BCUT2D eigenvalue weighted by Crippen LogP contribution is 2.29. The van der Waals surface area contributed by atoms with Crippen molar-refractivity contribution >= 4 is 41.0 Å². The average molecular weight is 530 g/mol. The van der Waals surface area contributed by atoms with E-state index in [1.807, 2.05) is 42.2 Å². The molecular formula is C27H36ClN5O2S. The van der Waals surface area contributed by atoms with Crippen molar-refractivity contribution in [3.63, 3.8) is 0 Å². The molecular weight excluding hydrogens is 494 g/mol. The number of rotatable bonds is 9. The molecule has 1 saturated carbocycles. The largest absolute Gasteiger partial charge is 0.353 e. The van der Waals surface area contributed by atoms with Crippen molar-refractivity contribution in [3.05, 3.63) is 47.1 Å². The maximum absolute atomic E-state index is 12.9. The first-order valence-corrected chi connectivity index (χ1v) is 14.3. The summed E-state index contributed by atoms with van der Waals surface area (Å²) in [6.07, 6.45) is 6.85. The third-order valence-electron chi connectivity index (χ3n) is 7.18. The molecule has 7 nitrogen and oxygen atoms in total. The third kappa shape index (κ3) is 7.35. The van der Waals surface area contributed by atoms with Crippen LogP contribution in [0, 0.1) is 5.92 Å². The molecule has 2 aromatic rings. The lowest BCUT2D eigenvalue weighted by Gasteiger charge is -2.40. The highest BCUT2D eigenvalue weighted by molar-refractivity contribution is 7.99. The van der Waals surface area contributed by atoms with Gasteiger partial charge in [0, 0.05) is 38.2 Å². The van der Waals surface area contributed by atoms with Gasteiger partial charge in [-0.25, -0.2) is 9.97 Å². The molecule has 9 heteroatoms. The maximum atomic E-state index is 12.9. The van der Waals surface area contributed by atoms with Crippen LogP contribution in [0.4, 0.5) is 5.82 Å². The lowest BCUT2D eigenvalue weighted by Crippen LogP contribution is -2.54. The van der Waals surface area contributed by atoms with E-state index in [1.165, 1.54) is 37.4 Å². The first-order valence-electron chi connectivity index (χ1n) is 12.9. The highest BCUT2D eigenvalue weighted by Gasteiger charge is 2.29. The summed E-state index contributed by atoms with van der Waals surface area (Å²) in [7, 11) is 0. The Labute approximate surface area is 223 Å². The molecule has 194 valence electrons. The van der Waals surface area contributed by atoms with E-state index >= 15 is 0 Å². The number of amides is 2. The highest BCUT2D eigenvalue weighted by atomic mass is 35.5. The molecule has 0 bridgehead atoms. The van der Waals surface area contributed by atoms with Crippen LogP contribution in [0.15, 0.2) is 41.6 Å². The van der Waals surface area contributed by atoms with Crippen molar-refractivity contribution in [3.8, 4) is 0 Å². The maximum Gasteiger partial charge on any atom is 0.230 e. The van der Waals surface area contributed by atoms with Gasteiger partial charge in [-0.2, -0.15) is 0 Å². The molecule has 2 fully saturated rings. The van der Waals surface area contributed by atoms with Crippen molar-refractivity contribution in [2.75, 3.05) is 30.3 Å². The number of aromatic nitrogens is 2. The predicted molar refractivity (Wildman–Crippen MR) is 145 cm³/mol. The standard InChI is InChI=1S/C27H36ClN5O2S/c1-19-17-32(14-15-33(19)26(35)13-12-21-8-6-7-9-21)24-16-23(28)30-27(31-24)36-18-25(34)29-20(2)22-10-4-3-5-11-22/h3-5,10-11,16,19-21H,6-9,12-15,17-18H2,1-2H3,(H,29,34). The molecule has 0 radical (unpaired) electrons. The van der Waals surface area contributed by atoms with E-state index < -0.39 is 0 Å². The first-order chi connectivity index (χ1) is 17.4. The minimum Gasteiger partial charge on any atom is -0.353 e. The minimum absolute atomic E-state index is 0.0752.